The highest BCUT2D eigenvalue weighted by atomic mass is 16.6. The molecule has 0 aliphatic carbocycles. The third-order valence-electron chi connectivity index (χ3n) is 10.6. The molecule has 14 heteroatoms. The maximum absolute atomic E-state index is 13.0. The summed E-state index contributed by atoms with van der Waals surface area (Å²) in [5.41, 5.74) is 3.78. The summed E-state index contributed by atoms with van der Waals surface area (Å²) in [6.07, 6.45) is 0.736. The molecule has 69 heavy (non-hydrogen) atoms. The first-order valence-corrected chi connectivity index (χ1v) is 21.5. The highest BCUT2D eigenvalue weighted by Gasteiger charge is 2.19. The van der Waals surface area contributed by atoms with Gasteiger partial charge in [0.1, 0.15) is 51.6 Å². The predicted molar refractivity (Wildman–Crippen MR) is 253 cm³/mol. The van der Waals surface area contributed by atoms with Gasteiger partial charge in [-0.3, -0.25) is 0 Å². The van der Waals surface area contributed by atoms with E-state index in [0.717, 1.165) is 16.7 Å². The fourth-order valence-corrected chi connectivity index (χ4v) is 6.65. The molecule has 0 amide bonds. The zero-order valence-corrected chi connectivity index (χ0v) is 38.2. The van der Waals surface area contributed by atoms with Crippen LogP contribution >= 0.6 is 0 Å². The van der Waals surface area contributed by atoms with Gasteiger partial charge in [-0.15, -0.1) is 0 Å². The minimum Gasteiger partial charge on any atom is -0.497 e. The van der Waals surface area contributed by atoms with E-state index >= 15 is 0 Å². The molecule has 0 aliphatic rings. The molecule has 0 spiro atoms. The molecular weight excluding hydrogens is 885 g/mol. The molecule has 0 aromatic heterocycles. The smallest absolute Gasteiger partial charge is 0.347 e. The van der Waals surface area contributed by atoms with E-state index in [2.05, 4.69) is 0 Å². The monoisotopic (exact) mass is 930 g/mol. The maximum Gasteiger partial charge on any atom is 0.347 e. The number of methoxy groups -OCH3 is 3. The number of carbonyl (C=O) groups excluding carboxylic acids is 5. The Hall–Kier alpha value is -8.75. The second kappa shape index (κ2) is 22.6. The van der Waals surface area contributed by atoms with Crippen molar-refractivity contribution >= 4 is 29.8 Å². The number of rotatable bonds is 18. The summed E-state index contributed by atoms with van der Waals surface area (Å²) in [7, 11) is 4.61. The van der Waals surface area contributed by atoms with Crippen LogP contribution in [0.25, 0.3) is 11.1 Å². The maximum atomic E-state index is 13.0. The van der Waals surface area contributed by atoms with Crippen LogP contribution in [0.15, 0.2) is 158 Å². The van der Waals surface area contributed by atoms with Crippen LogP contribution in [0.2, 0.25) is 0 Å². The Morgan fingerprint density at radius 1 is 0.420 bits per heavy atom. The van der Waals surface area contributed by atoms with Crippen LogP contribution in [0, 0.1) is 6.92 Å². The molecular formula is C55H46O14. The van der Waals surface area contributed by atoms with Gasteiger partial charge in [0.05, 0.1) is 49.2 Å². The molecule has 0 radical (unpaired) electrons. The molecule has 14 nitrogen and oxygen atoms in total. The quantitative estimate of drug-likeness (QED) is 0.0588. The van der Waals surface area contributed by atoms with Crippen LogP contribution in [0.1, 0.15) is 70.7 Å². The van der Waals surface area contributed by atoms with Gasteiger partial charge in [0.15, 0.2) is 0 Å². The molecule has 350 valence electrons. The van der Waals surface area contributed by atoms with Gasteiger partial charge in [0.2, 0.25) is 0 Å². The number of ether oxygens (including phenoxy) is 9. The van der Waals surface area contributed by atoms with Crippen molar-refractivity contribution in [3.8, 4) is 57.1 Å². The SMILES string of the molecule is COc1ccc(C(=O)Oc2ccc(C(=O)Oc3ccc(-c4ccc(OC(=O)c5ccc(OC(=O)c6ccc(OC(=O)c7ccc(OCCC(C)OC)cc7OC)cc6)cc5)cc4)c(C)c3)cc2)cc1. The number of hydrogen-bond acceptors (Lipinski definition) is 14. The summed E-state index contributed by atoms with van der Waals surface area (Å²) >= 11 is 0. The minimum absolute atomic E-state index is 0.0447. The Morgan fingerprint density at radius 3 is 1.23 bits per heavy atom. The summed E-state index contributed by atoms with van der Waals surface area (Å²) in [6, 6.07) is 41.3. The molecule has 7 aromatic rings. The van der Waals surface area contributed by atoms with Gasteiger partial charge in [0.25, 0.3) is 0 Å². The molecule has 7 rings (SSSR count). The molecule has 0 saturated carbocycles. The van der Waals surface area contributed by atoms with Crippen molar-refractivity contribution in [1.29, 1.82) is 0 Å². The average Bonchev–Trinajstić information content (AvgIpc) is 3.37. The van der Waals surface area contributed by atoms with Gasteiger partial charge in [-0.2, -0.15) is 0 Å². The van der Waals surface area contributed by atoms with Crippen molar-refractivity contribution in [3.63, 3.8) is 0 Å². The molecule has 7 aromatic carbocycles. The van der Waals surface area contributed by atoms with Crippen LogP contribution in [0.3, 0.4) is 0 Å². The fourth-order valence-electron chi connectivity index (χ4n) is 6.65. The van der Waals surface area contributed by atoms with Gasteiger partial charge < -0.3 is 42.6 Å². The van der Waals surface area contributed by atoms with E-state index in [0.29, 0.717) is 41.6 Å². The third-order valence-corrected chi connectivity index (χ3v) is 10.6. The molecule has 1 unspecified atom stereocenters. The lowest BCUT2D eigenvalue weighted by Crippen LogP contribution is -2.12. The van der Waals surface area contributed by atoms with Crippen molar-refractivity contribution in [2.45, 2.75) is 26.4 Å². The standard InChI is InChI=1S/C55H46O14/c1-34-32-47(69-54(59)40-12-22-44(23-13-40)66-51(56)37-8-16-41(62-4)17-9-37)27-28-48(34)36-6-18-42(19-7-36)65-52(57)38-10-20-43(21-11-38)67-53(58)39-14-24-45(25-15-39)68-55(60)49-29-26-46(33-50(49)63-5)64-31-30-35(2)61-3/h6-29,32-33,35H,30-31H2,1-5H3. The minimum atomic E-state index is -0.665. The van der Waals surface area contributed by atoms with Gasteiger partial charge in [-0.05, 0) is 164 Å². The summed E-state index contributed by atoms with van der Waals surface area (Å²) in [4.78, 5) is 64.3. The Balaban J connectivity index is 0.867. The molecule has 0 N–H and O–H groups in total. The second-order valence-corrected chi connectivity index (χ2v) is 15.3. The number of hydrogen-bond donors (Lipinski definition) is 0. The summed E-state index contributed by atoms with van der Waals surface area (Å²) in [6.45, 7) is 4.25. The zero-order valence-electron chi connectivity index (χ0n) is 38.2. The largest absolute Gasteiger partial charge is 0.497 e. The third kappa shape index (κ3) is 12.8. The van der Waals surface area contributed by atoms with Gasteiger partial charge in [-0.25, -0.2) is 24.0 Å². The van der Waals surface area contributed by atoms with Crippen molar-refractivity contribution in [3.05, 3.63) is 191 Å². The van der Waals surface area contributed by atoms with Crippen LogP contribution in [-0.4, -0.2) is 63.9 Å². The zero-order chi connectivity index (χ0) is 48.9. The van der Waals surface area contributed by atoms with Crippen molar-refractivity contribution in [1.82, 2.24) is 0 Å². The van der Waals surface area contributed by atoms with E-state index in [9.17, 15) is 24.0 Å². The topological polar surface area (TPSA) is 168 Å². The van der Waals surface area contributed by atoms with E-state index in [-0.39, 0.29) is 51.4 Å². The molecule has 0 bridgehead atoms. The molecule has 0 heterocycles. The number of benzene rings is 7. The summed E-state index contributed by atoms with van der Waals surface area (Å²) in [5.74, 6) is -0.336. The van der Waals surface area contributed by atoms with Crippen LogP contribution < -0.4 is 37.9 Å². The predicted octanol–water partition coefficient (Wildman–Crippen LogP) is 10.6. The first kappa shape index (κ1) is 48.2. The normalized spacial score (nSPS) is 11.1. The summed E-state index contributed by atoms with van der Waals surface area (Å²) < 4.78 is 49.1. The lowest BCUT2D eigenvalue weighted by Gasteiger charge is -2.13. The number of carbonyl (C=O) groups is 5. The van der Waals surface area contributed by atoms with E-state index < -0.39 is 29.8 Å². The van der Waals surface area contributed by atoms with Crippen molar-refractivity contribution < 1.29 is 66.6 Å². The van der Waals surface area contributed by atoms with Crippen molar-refractivity contribution in [2.75, 3.05) is 27.9 Å². The molecule has 0 fully saturated rings. The van der Waals surface area contributed by atoms with Gasteiger partial charge in [-0.1, -0.05) is 18.2 Å². The Bertz CT molecular complexity index is 2930. The highest BCUT2D eigenvalue weighted by Crippen LogP contribution is 2.30. The average molecular weight is 931 g/mol. The van der Waals surface area contributed by atoms with Crippen molar-refractivity contribution in [2.24, 2.45) is 0 Å². The number of aryl methyl sites for hydroxylation is 1. The van der Waals surface area contributed by atoms with E-state index in [1.165, 1.54) is 87.0 Å². The second-order valence-electron chi connectivity index (χ2n) is 15.3. The Morgan fingerprint density at radius 2 is 0.812 bits per heavy atom. The van der Waals surface area contributed by atoms with E-state index in [1.807, 2.05) is 19.9 Å². The van der Waals surface area contributed by atoms with Gasteiger partial charge >= 0.3 is 29.8 Å². The van der Waals surface area contributed by atoms with Crippen LogP contribution in [-0.2, 0) is 4.74 Å². The number of esters is 5. The lowest BCUT2D eigenvalue weighted by molar-refractivity contribution is 0.0718. The Kier molecular flexibility index (Phi) is 15.8. The van der Waals surface area contributed by atoms with Crippen LogP contribution in [0.5, 0.6) is 46.0 Å². The molecule has 1 atom stereocenters. The van der Waals surface area contributed by atoms with E-state index in [4.69, 9.17) is 42.6 Å². The van der Waals surface area contributed by atoms with E-state index in [1.54, 1.807) is 86.0 Å². The fraction of sp³-hybridized carbons (Fsp3) is 0.145. The summed E-state index contributed by atoms with van der Waals surface area (Å²) in [5, 5.41) is 0. The van der Waals surface area contributed by atoms with Crippen LogP contribution in [0.4, 0.5) is 0 Å². The molecule has 0 aliphatic heterocycles. The first-order valence-electron chi connectivity index (χ1n) is 21.5. The van der Waals surface area contributed by atoms with Gasteiger partial charge in [0, 0.05) is 19.6 Å². The highest BCUT2D eigenvalue weighted by molar-refractivity contribution is 5.96. The first-order chi connectivity index (χ1) is 33.4. The lowest BCUT2D eigenvalue weighted by atomic mass is 10.0. The Labute approximate surface area is 397 Å². The molecule has 0 saturated heterocycles.